The van der Waals surface area contributed by atoms with Crippen LogP contribution in [0.15, 0.2) is 53.0 Å². The highest BCUT2D eigenvalue weighted by Crippen LogP contribution is 2.33. The van der Waals surface area contributed by atoms with Gasteiger partial charge in [0.25, 0.3) is 6.01 Å². The predicted molar refractivity (Wildman–Crippen MR) is 144 cm³/mol. The van der Waals surface area contributed by atoms with Gasteiger partial charge < -0.3 is 19.3 Å². The summed E-state index contributed by atoms with van der Waals surface area (Å²) in [7, 11) is -2.16. The maximum Gasteiger partial charge on any atom is 0.296 e. The molecule has 2 fully saturated rings. The van der Waals surface area contributed by atoms with Gasteiger partial charge in [0.2, 0.25) is 0 Å². The number of halogens is 1. The fourth-order valence-corrected chi connectivity index (χ4v) is 5.27. The SMILES string of the molecule is CS(C)(=O)=NCc1ccc(-c2ccc(-c3nc4[nH]c(O[C@@H]5CO[C@H]6[C@@H]5OC[C@H]6O)nc4cc3Cl)cc2)cn1. The van der Waals surface area contributed by atoms with Crippen LogP contribution in [0.1, 0.15) is 5.69 Å². The first-order valence-electron chi connectivity index (χ1n) is 12.1. The summed E-state index contributed by atoms with van der Waals surface area (Å²) in [5, 5.41) is 10.4. The molecule has 10 nitrogen and oxygen atoms in total. The van der Waals surface area contributed by atoms with Crippen LogP contribution < -0.4 is 4.74 Å². The maximum atomic E-state index is 11.8. The predicted octanol–water partition coefficient (Wildman–Crippen LogP) is 3.47. The third kappa shape index (κ3) is 5.12. The van der Waals surface area contributed by atoms with Crippen LogP contribution >= 0.6 is 11.6 Å². The average Bonchev–Trinajstić information content (AvgIpc) is 3.59. The summed E-state index contributed by atoms with van der Waals surface area (Å²) in [6.07, 6.45) is 3.26. The van der Waals surface area contributed by atoms with Crippen LogP contribution in [0, 0.1) is 0 Å². The molecule has 0 unspecified atom stereocenters. The molecule has 0 aliphatic carbocycles. The molecule has 38 heavy (non-hydrogen) atoms. The molecular weight excluding hydrogens is 530 g/mol. The van der Waals surface area contributed by atoms with Gasteiger partial charge in [-0.25, -0.2) is 9.35 Å². The topological polar surface area (TPSA) is 132 Å². The second-order valence-electron chi connectivity index (χ2n) is 9.63. The first kappa shape index (κ1) is 25.2. The number of aromatic amines is 1. The van der Waals surface area contributed by atoms with Crippen molar-refractivity contribution in [3.8, 4) is 28.4 Å². The number of nitrogens with zero attached hydrogens (tertiary/aromatic N) is 4. The number of nitrogens with one attached hydrogen (secondary N) is 1. The van der Waals surface area contributed by atoms with Crippen LogP contribution in [0.3, 0.4) is 0 Å². The van der Waals surface area contributed by atoms with Crippen molar-refractivity contribution in [1.82, 2.24) is 19.9 Å². The van der Waals surface area contributed by atoms with Crippen molar-refractivity contribution < 1.29 is 23.5 Å². The average molecular weight is 556 g/mol. The molecule has 5 heterocycles. The van der Waals surface area contributed by atoms with Gasteiger partial charge in [0.1, 0.15) is 23.8 Å². The van der Waals surface area contributed by atoms with Crippen molar-refractivity contribution in [2.45, 2.75) is 31.0 Å². The smallest absolute Gasteiger partial charge is 0.296 e. The molecule has 2 N–H and O–H groups in total. The van der Waals surface area contributed by atoms with Gasteiger partial charge in [-0.2, -0.15) is 4.98 Å². The van der Waals surface area contributed by atoms with Crippen LogP contribution in [0.2, 0.25) is 5.02 Å². The number of fused-ring (bicyclic) bond motifs is 2. The van der Waals surface area contributed by atoms with Gasteiger partial charge >= 0.3 is 0 Å². The largest absolute Gasteiger partial charge is 0.456 e. The molecular formula is C26H26ClN5O5S. The minimum atomic E-state index is -2.16. The van der Waals surface area contributed by atoms with Crippen molar-refractivity contribution in [2.24, 2.45) is 4.36 Å². The highest BCUT2D eigenvalue weighted by atomic mass is 35.5. The standard InChI is InChI=1S/C26H26ClN5O5S/c1-38(2,34)29-11-17-8-7-16(10-28-17)14-3-5-15(6-4-14)22-18(27)9-19-25(31-22)32-26(30-19)37-21-13-36-23-20(33)12-35-24(21)23/h3-10,20-21,23-24,33H,11-13H2,1-2H3,(H,30,31,32)/t20-,21-,23-,24-/m1/s1. The number of aromatic nitrogens is 4. The van der Waals surface area contributed by atoms with Crippen LogP contribution in [0.4, 0.5) is 0 Å². The van der Waals surface area contributed by atoms with Crippen molar-refractivity contribution in [2.75, 3.05) is 25.7 Å². The summed E-state index contributed by atoms with van der Waals surface area (Å²) < 4.78 is 33.1. The Bertz CT molecular complexity index is 1590. The first-order chi connectivity index (χ1) is 18.2. The van der Waals surface area contributed by atoms with Gasteiger partial charge in [0.15, 0.2) is 11.8 Å². The van der Waals surface area contributed by atoms with Gasteiger partial charge in [-0.3, -0.25) is 14.2 Å². The molecule has 0 saturated carbocycles. The zero-order valence-corrected chi connectivity index (χ0v) is 22.3. The Labute approximate surface area is 224 Å². The lowest BCUT2D eigenvalue weighted by atomic mass is 10.0. The monoisotopic (exact) mass is 555 g/mol. The molecule has 2 saturated heterocycles. The van der Waals surface area contributed by atoms with Crippen molar-refractivity contribution >= 4 is 32.5 Å². The van der Waals surface area contributed by atoms with E-state index in [9.17, 15) is 9.32 Å². The number of hydrogen-bond donors (Lipinski definition) is 2. The molecule has 2 aliphatic heterocycles. The van der Waals surface area contributed by atoms with E-state index in [4.69, 9.17) is 30.8 Å². The van der Waals surface area contributed by atoms with E-state index in [2.05, 4.69) is 19.3 Å². The number of aliphatic hydroxyl groups excluding tert-OH is 1. The van der Waals surface area contributed by atoms with Crippen LogP contribution in [0.25, 0.3) is 33.5 Å². The van der Waals surface area contributed by atoms with Gasteiger partial charge in [-0.05, 0) is 17.7 Å². The summed E-state index contributed by atoms with van der Waals surface area (Å²) in [6, 6.07) is 13.8. The van der Waals surface area contributed by atoms with Gasteiger partial charge in [-0.1, -0.05) is 41.9 Å². The third-order valence-corrected chi connectivity index (χ3v) is 7.54. The van der Waals surface area contributed by atoms with E-state index in [1.807, 2.05) is 36.4 Å². The molecule has 3 aromatic heterocycles. The molecule has 0 spiro atoms. The first-order valence-corrected chi connectivity index (χ1v) is 14.8. The van der Waals surface area contributed by atoms with E-state index < -0.39 is 15.8 Å². The van der Waals surface area contributed by atoms with Gasteiger partial charge in [-0.15, -0.1) is 0 Å². The number of pyridine rings is 2. The molecule has 4 atom stereocenters. The fourth-order valence-electron chi connectivity index (χ4n) is 4.57. The minimum absolute atomic E-state index is 0.231. The molecule has 2 aliphatic rings. The molecule has 0 bridgehead atoms. The number of rotatable bonds is 6. The second-order valence-corrected chi connectivity index (χ2v) is 12.7. The fraction of sp³-hybridized carbons (Fsp3) is 0.346. The highest BCUT2D eigenvalue weighted by molar-refractivity contribution is 7.92. The number of aliphatic hydroxyl groups is 1. The zero-order chi connectivity index (χ0) is 26.4. The Hall–Kier alpha value is -3.09. The summed E-state index contributed by atoms with van der Waals surface area (Å²) in [6.45, 7) is 0.862. The maximum absolute atomic E-state index is 11.8. The number of hydrogen-bond acceptors (Lipinski definition) is 9. The van der Waals surface area contributed by atoms with Gasteiger partial charge in [0.05, 0.1) is 36.2 Å². The Balaban J connectivity index is 1.19. The van der Waals surface area contributed by atoms with Crippen LogP contribution in [-0.2, 0) is 25.7 Å². The lowest BCUT2D eigenvalue weighted by Gasteiger charge is -2.15. The Morgan fingerprint density at radius 2 is 1.82 bits per heavy atom. The highest BCUT2D eigenvalue weighted by Gasteiger charge is 2.48. The van der Waals surface area contributed by atoms with E-state index in [-0.39, 0.29) is 24.9 Å². The van der Waals surface area contributed by atoms with Crippen LogP contribution in [-0.4, -0.2) is 79.4 Å². The van der Waals surface area contributed by atoms with E-state index in [1.165, 1.54) is 0 Å². The lowest BCUT2D eigenvalue weighted by molar-refractivity contribution is 0.00706. The molecule has 6 rings (SSSR count). The lowest BCUT2D eigenvalue weighted by Crippen LogP contribution is -2.34. The van der Waals surface area contributed by atoms with E-state index in [0.29, 0.717) is 41.0 Å². The number of ether oxygens (including phenoxy) is 3. The number of H-pyrrole nitrogens is 1. The summed E-state index contributed by atoms with van der Waals surface area (Å²) in [5.41, 5.74) is 5.30. The summed E-state index contributed by atoms with van der Waals surface area (Å²) in [4.78, 5) is 16.7. The van der Waals surface area contributed by atoms with E-state index in [1.54, 1.807) is 24.8 Å². The molecule has 12 heteroatoms. The van der Waals surface area contributed by atoms with E-state index >= 15 is 0 Å². The van der Waals surface area contributed by atoms with Crippen molar-refractivity contribution in [3.63, 3.8) is 0 Å². The third-order valence-electron chi connectivity index (χ3n) is 6.50. The Kier molecular flexibility index (Phi) is 6.57. The summed E-state index contributed by atoms with van der Waals surface area (Å²) >= 11 is 6.58. The Morgan fingerprint density at radius 3 is 2.55 bits per heavy atom. The molecule has 4 aromatic rings. The number of benzene rings is 1. The molecule has 1 aromatic carbocycles. The summed E-state index contributed by atoms with van der Waals surface area (Å²) in [5.74, 6) is 0. The zero-order valence-electron chi connectivity index (χ0n) is 20.7. The molecule has 0 radical (unpaired) electrons. The molecule has 198 valence electrons. The van der Waals surface area contributed by atoms with Crippen LogP contribution in [0.5, 0.6) is 6.01 Å². The minimum Gasteiger partial charge on any atom is -0.456 e. The Morgan fingerprint density at radius 1 is 1.08 bits per heavy atom. The van der Waals surface area contributed by atoms with Crippen molar-refractivity contribution in [3.05, 3.63) is 59.4 Å². The van der Waals surface area contributed by atoms with Gasteiger partial charge in [0, 0.05) is 39.6 Å². The van der Waals surface area contributed by atoms with E-state index in [0.717, 1.165) is 22.4 Å². The molecule has 0 amide bonds. The second kappa shape index (κ2) is 9.90. The van der Waals surface area contributed by atoms with Crippen molar-refractivity contribution in [1.29, 1.82) is 0 Å². The number of imidazole rings is 1. The quantitative estimate of drug-likeness (QED) is 0.369. The normalized spacial score (nSPS) is 23.1.